The van der Waals surface area contributed by atoms with Gasteiger partial charge in [0.25, 0.3) is 0 Å². The predicted octanol–water partition coefficient (Wildman–Crippen LogP) is 5.47. The van der Waals surface area contributed by atoms with Crippen molar-refractivity contribution in [1.82, 2.24) is 4.90 Å². The molecule has 2 aliphatic rings. The van der Waals surface area contributed by atoms with Crippen LogP contribution in [0.25, 0.3) is 0 Å². The lowest BCUT2D eigenvalue weighted by Gasteiger charge is -2.49. The van der Waals surface area contributed by atoms with E-state index < -0.39 is 0 Å². The second kappa shape index (κ2) is 9.53. The predicted molar refractivity (Wildman–Crippen MR) is 123 cm³/mol. The van der Waals surface area contributed by atoms with E-state index in [9.17, 15) is 0 Å². The van der Waals surface area contributed by atoms with E-state index in [1.54, 1.807) is 7.11 Å². The average molecular weight is 408 g/mol. The van der Waals surface area contributed by atoms with Gasteiger partial charge < -0.3 is 9.64 Å². The highest BCUT2D eigenvalue weighted by Crippen LogP contribution is 2.48. The second-order valence-corrected chi connectivity index (χ2v) is 7.94. The van der Waals surface area contributed by atoms with E-state index in [4.69, 9.17) is 4.74 Å². The third-order valence-corrected chi connectivity index (χ3v) is 6.44. The first-order valence-electron chi connectivity index (χ1n) is 10.4. The monoisotopic (exact) mass is 407 g/mol. The van der Waals surface area contributed by atoms with Gasteiger partial charge in [-0.05, 0) is 73.7 Å². The Morgan fingerprint density at radius 2 is 1.93 bits per heavy atom. The number of fused-ring (bicyclic) bond motifs is 1. The molecule has 0 unspecified atom stereocenters. The van der Waals surface area contributed by atoms with Crippen LogP contribution in [0.2, 0.25) is 0 Å². The van der Waals surface area contributed by atoms with Crippen molar-refractivity contribution in [3.8, 4) is 17.6 Å². The molecule has 0 spiro atoms. The largest absolute Gasteiger partial charge is 0.497 e. The third-order valence-electron chi connectivity index (χ3n) is 6.44. The molecule has 29 heavy (non-hydrogen) atoms. The standard InChI is InChI=1S/C26H29NO.ClH/c1-3-27-17-16-26(23-10-7-11-25(18-23)28-2)19-22(14-15-24(26)20-27)13-12-21-8-5-4-6-9-21;/h4-11,18-19,24H,3,14-17,20H2,1-2H3;1H/t24-,26+;/m0./s1. The van der Waals surface area contributed by atoms with Gasteiger partial charge in [0.1, 0.15) is 5.75 Å². The Kier molecular flexibility index (Phi) is 7.06. The number of piperidine rings is 1. The topological polar surface area (TPSA) is 12.5 Å². The summed E-state index contributed by atoms with van der Waals surface area (Å²) < 4.78 is 5.54. The quantitative estimate of drug-likeness (QED) is 0.625. The molecule has 0 saturated carbocycles. The van der Waals surface area contributed by atoms with Crippen LogP contribution in [0.15, 0.2) is 66.2 Å². The zero-order valence-corrected chi connectivity index (χ0v) is 18.2. The van der Waals surface area contributed by atoms with Gasteiger partial charge in [0.2, 0.25) is 0 Å². The summed E-state index contributed by atoms with van der Waals surface area (Å²) in [6.07, 6.45) is 5.92. The van der Waals surface area contributed by atoms with E-state index in [1.165, 1.54) is 24.1 Å². The van der Waals surface area contributed by atoms with Crippen LogP contribution in [0.1, 0.15) is 37.3 Å². The molecule has 2 nitrogen and oxygen atoms in total. The highest BCUT2D eigenvalue weighted by molar-refractivity contribution is 5.85. The van der Waals surface area contributed by atoms with Gasteiger partial charge in [0, 0.05) is 17.5 Å². The minimum absolute atomic E-state index is 0. The number of benzene rings is 2. The molecule has 3 heteroatoms. The van der Waals surface area contributed by atoms with Gasteiger partial charge >= 0.3 is 0 Å². The Balaban J connectivity index is 0.00000240. The molecule has 4 rings (SSSR count). The number of allylic oxidation sites excluding steroid dienone is 2. The van der Waals surface area contributed by atoms with E-state index in [-0.39, 0.29) is 17.8 Å². The number of hydrogen-bond donors (Lipinski definition) is 0. The van der Waals surface area contributed by atoms with Gasteiger partial charge in [-0.15, -0.1) is 12.4 Å². The molecule has 0 radical (unpaired) electrons. The molecule has 2 atom stereocenters. The summed E-state index contributed by atoms with van der Waals surface area (Å²) in [5.41, 5.74) is 3.82. The lowest BCUT2D eigenvalue weighted by atomic mass is 9.61. The number of rotatable bonds is 3. The van der Waals surface area contributed by atoms with Gasteiger partial charge in [-0.25, -0.2) is 0 Å². The van der Waals surface area contributed by atoms with E-state index in [1.807, 2.05) is 24.3 Å². The van der Waals surface area contributed by atoms with Crippen molar-refractivity contribution in [2.45, 2.75) is 31.6 Å². The average Bonchev–Trinajstić information content (AvgIpc) is 2.77. The summed E-state index contributed by atoms with van der Waals surface area (Å²) in [6.45, 7) is 5.72. The number of halogens is 1. The minimum Gasteiger partial charge on any atom is -0.497 e. The molecular weight excluding hydrogens is 378 g/mol. The Bertz CT molecular complexity index is 911. The van der Waals surface area contributed by atoms with E-state index in [0.717, 1.165) is 37.2 Å². The smallest absolute Gasteiger partial charge is 0.119 e. The molecule has 2 aromatic carbocycles. The van der Waals surface area contributed by atoms with Gasteiger partial charge in [-0.1, -0.05) is 55.2 Å². The number of nitrogens with zero attached hydrogens (tertiary/aromatic N) is 1. The maximum Gasteiger partial charge on any atom is 0.119 e. The zero-order valence-electron chi connectivity index (χ0n) is 17.4. The number of hydrogen-bond acceptors (Lipinski definition) is 2. The molecule has 0 aromatic heterocycles. The molecule has 0 amide bonds. The summed E-state index contributed by atoms with van der Waals surface area (Å²) in [6, 6.07) is 19.0. The van der Waals surface area contributed by atoms with Crippen molar-refractivity contribution in [3.63, 3.8) is 0 Å². The van der Waals surface area contributed by atoms with Crippen molar-refractivity contribution < 1.29 is 4.74 Å². The molecule has 152 valence electrons. The van der Waals surface area contributed by atoms with Crippen LogP contribution in [0.3, 0.4) is 0 Å². The third kappa shape index (κ3) is 4.53. The Morgan fingerprint density at radius 1 is 1.10 bits per heavy atom. The van der Waals surface area contributed by atoms with E-state index in [2.05, 4.69) is 60.1 Å². The normalized spacial score (nSPS) is 23.7. The summed E-state index contributed by atoms with van der Waals surface area (Å²) in [5.74, 6) is 8.43. The van der Waals surface area contributed by atoms with Crippen LogP contribution in [0.5, 0.6) is 5.75 Å². The maximum absolute atomic E-state index is 5.54. The van der Waals surface area contributed by atoms with Crippen molar-refractivity contribution in [3.05, 3.63) is 77.4 Å². The molecule has 1 aliphatic heterocycles. The summed E-state index contributed by atoms with van der Waals surface area (Å²) in [7, 11) is 1.75. The summed E-state index contributed by atoms with van der Waals surface area (Å²) >= 11 is 0. The zero-order chi connectivity index (χ0) is 19.4. The lowest BCUT2D eigenvalue weighted by Crippen LogP contribution is -2.50. The van der Waals surface area contributed by atoms with E-state index >= 15 is 0 Å². The first-order valence-corrected chi connectivity index (χ1v) is 10.4. The Hall–Kier alpha value is -2.21. The van der Waals surface area contributed by atoms with Crippen molar-refractivity contribution in [2.75, 3.05) is 26.7 Å². The van der Waals surface area contributed by atoms with Crippen LogP contribution in [-0.2, 0) is 5.41 Å². The molecule has 2 aromatic rings. The van der Waals surface area contributed by atoms with Crippen LogP contribution in [-0.4, -0.2) is 31.6 Å². The Morgan fingerprint density at radius 3 is 2.69 bits per heavy atom. The van der Waals surface area contributed by atoms with Gasteiger partial charge in [-0.3, -0.25) is 0 Å². The highest BCUT2D eigenvalue weighted by Gasteiger charge is 2.44. The Labute approximate surface area is 181 Å². The lowest BCUT2D eigenvalue weighted by molar-refractivity contribution is 0.110. The maximum atomic E-state index is 5.54. The fraction of sp³-hybridized carbons (Fsp3) is 0.385. The first-order chi connectivity index (χ1) is 13.7. The molecular formula is C26H30ClNO. The SMILES string of the molecule is CCN1CC[C@]2(c3cccc(OC)c3)C=C(C#Cc3ccccc3)CC[C@H]2C1.Cl. The number of likely N-dealkylation sites (tertiary alicyclic amines) is 1. The number of methoxy groups -OCH3 is 1. The summed E-state index contributed by atoms with van der Waals surface area (Å²) in [5, 5.41) is 0. The van der Waals surface area contributed by atoms with Gasteiger partial charge in [0.15, 0.2) is 0 Å². The van der Waals surface area contributed by atoms with Crippen molar-refractivity contribution >= 4 is 12.4 Å². The second-order valence-electron chi connectivity index (χ2n) is 7.94. The van der Waals surface area contributed by atoms with Crippen molar-refractivity contribution in [1.29, 1.82) is 0 Å². The van der Waals surface area contributed by atoms with Crippen LogP contribution in [0.4, 0.5) is 0 Å². The van der Waals surface area contributed by atoms with Gasteiger partial charge in [0.05, 0.1) is 7.11 Å². The van der Waals surface area contributed by atoms with Gasteiger partial charge in [-0.2, -0.15) is 0 Å². The summed E-state index contributed by atoms with van der Waals surface area (Å²) in [4.78, 5) is 2.59. The number of ether oxygens (including phenoxy) is 1. The fourth-order valence-electron chi connectivity index (χ4n) is 4.80. The molecule has 1 heterocycles. The highest BCUT2D eigenvalue weighted by atomic mass is 35.5. The molecule has 1 aliphatic carbocycles. The van der Waals surface area contributed by atoms with E-state index in [0.29, 0.717) is 5.92 Å². The minimum atomic E-state index is 0. The van der Waals surface area contributed by atoms with Crippen molar-refractivity contribution in [2.24, 2.45) is 5.92 Å². The fourth-order valence-corrected chi connectivity index (χ4v) is 4.80. The molecule has 0 N–H and O–H groups in total. The molecule has 1 saturated heterocycles. The van der Waals surface area contributed by atoms with Crippen LogP contribution in [0, 0.1) is 17.8 Å². The van der Waals surface area contributed by atoms with Crippen LogP contribution < -0.4 is 4.74 Å². The first kappa shape index (κ1) is 21.5. The molecule has 1 fully saturated rings. The van der Waals surface area contributed by atoms with Crippen LogP contribution >= 0.6 is 12.4 Å². The molecule has 0 bridgehead atoms.